The zero-order valence-corrected chi connectivity index (χ0v) is 10.8. The average molecular weight is 250 g/mol. The summed E-state index contributed by atoms with van der Waals surface area (Å²) in [7, 11) is 0. The number of thiol groups is 1. The molecule has 0 rings (SSSR count). The molecule has 0 aliphatic carbocycles. The molecule has 1 amide bonds. The molecule has 0 saturated carbocycles. The van der Waals surface area contributed by atoms with E-state index >= 15 is 0 Å². The van der Waals surface area contributed by atoms with Gasteiger partial charge in [0.1, 0.15) is 6.04 Å². The number of hydrogen-bond donors (Lipinski definition) is 4. The summed E-state index contributed by atoms with van der Waals surface area (Å²) in [5, 5.41) is 10.6. The van der Waals surface area contributed by atoms with Gasteiger partial charge in [-0.25, -0.2) is 4.79 Å². The molecule has 0 aliphatic rings. The van der Waals surface area contributed by atoms with Crippen LogP contribution in [0.25, 0.3) is 0 Å². The number of carboxylic acids is 1. The molecular formula is C10H22N2O3S. The van der Waals surface area contributed by atoms with Gasteiger partial charge in [-0.1, -0.05) is 19.8 Å². The quantitative estimate of drug-likeness (QED) is 0.411. The van der Waals surface area contributed by atoms with Gasteiger partial charge in [0.2, 0.25) is 5.91 Å². The fourth-order valence-corrected chi connectivity index (χ4v) is 1.07. The van der Waals surface area contributed by atoms with Crippen LogP contribution in [0.15, 0.2) is 0 Å². The second-order valence-corrected chi connectivity index (χ2v) is 3.63. The molecule has 0 radical (unpaired) electrons. The molecule has 1 atom stereocenters. The summed E-state index contributed by atoms with van der Waals surface area (Å²) < 4.78 is 0. The zero-order valence-electron chi connectivity index (χ0n) is 9.90. The van der Waals surface area contributed by atoms with Gasteiger partial charge in [0.05, 0.1) is 0 Å². The van der Waals surface area contributed by atoms with Crippen molar-refractivity contribution in [3.8, 4) is 0 Å². The topological polar surface area (TPSA) is 92.4 Å². The largest absolute Gasteiger partial charge is 0.480 e. The molecule has 5 nitrogen and oxygen atoms in total. The molecule has 0 aliphatic heterocycles. The fourth-order valence-electron chi connectivity index (χ4n) is 0.825. The van der Waals surface area contributed by atoms with Crippen molar-refractivity contribution in [1.29, 1.82) is 0 Å². The Morgan fingerprint density at radius 1 is 1.44 bits per heavy atom. The van der Waals surface area contributed by atoms with Crippen LogP contribution in [0.3, 0.4) is 0 Å². The number of carbonyl (C=O) groups excluding carboxylic acids is 1. The van der Waals surface area contributed by atoms with Crippen LogP contribution < -0.4 is 11.1 Å². The highest BCUT2D eigenvalue weighted by atomic mass is 32.1. The van der Waals surface area contributed by atoms with Crippen LogP contribution >= 0.6 is 12.6 Å². The van der Waals surface area contributed by atoms with E-state index in [1.165, 1.54) is 26.2 Å². The molecule has 0 aromatic rings. The van der Waals surface area contributed by atoms with E-state index in [2.05, 4.69) is 24.9 Å². The number of unbranched alkanes of at least 4 members (excludes halogenated alkanes) is 2. The Kier molecular flexibility index (Phi) is 13.6. The van der Waals surface area contributed by atoms with Gasteiger partial charge in [-0.3, -0.25) is 4.79 Å². The third-order valence-electron chi connectivity index (χ3n) is 1.67. The Labute approximate surface area is 102 Å². The molecule has 0 bridgehead atoms. The van der Waals surface area contributed by atoms with E-state index in [-0.39, 0.29) is 11.7 Å². The lowest BCUT2D eigenvalue weighted by molar-refractivity contribution is -0.140. The van der Waals surface area contributed by atoms with E-state index in [0.717, 1.165) is 6.54 Å². The van der Waals surface area contributed by atoms with E-state index in [1.807, 2.05) is 0 Å². The van der Waals surface area contributed by atoms with E-state index in [4.69, 9.17) is 10.8 Å². The Hall–Kier alpha value is -0.750. The fraction of sp³-hybridized carbons (Fsp3) is 0.800. The van der Waals surface area contributed by atoms with Crippen LogP contribution in [-0.2, 0) is 9.59 Å². The minimum atomic E-state index is -1.06. The summed E-state index contributed by atoms with van der Waals surface area (Å²) in [5.74, 6) is -1.32. The number of amides is 1. The van der Waals surface area contributed by atoms with Crippen LogP contribution in [0, 0.1) is 0 Å². The molecule has 6 heteroatoms. The normalized spacial score (nSPS) is 11.0. The maximum atomic E-state index is 10.3. The summed E-state index contributed by atoms with van der Waals surface area (Å²) in [6.07, 6.45) is 3.75. The van der Waals surface area contributed by atoms with Crippen molar-refractivity contribution >= 4 is 24.5 Å². The van der Waals surface area contributed by atoms with Gasteiger partial charge in [0.25, 0.3) is 0 Å². The molecule has 1 unspecified atom stereocenters. The third-order valence-corrected chi connectivity index (χ3v) is 2.03. The lowest BCUT2D eigenvalue weighted by Crippen LogP contribution is -2.40. The van der Waals surface area contributed by atoms with Crippen molar-refractivity contribution in [1.82, 2.24) is 5.32 Å². The third kappa shape index (κ3) is 13.2. The van der Waals surface area contributed by atoms with Crippen molar-refractivity contribution in [3.63, 3.8) is 0 Å². The predicted molar refractivity (Wildman–Crippen MR) is 67.7 cm³/mol. The van der Waals surface area contributed by atoms with Crippen LogP contribution in [0.1, 0.15) is 33.1 Å². The van der Waals surface area contributed by atoms with Crippen LogP contribution in [0.4, 0.5) is 0 Å². The van der Waals surface area contributed by atoms with Gasteiger partial charge in [-0.2, -0.15) is 12.6 Å². The smallest absolute Gasteiger partial charge is 0.327 e. The molecule has 0 spiro atoms. The highest BCUT2D eigenvalue weighted by molar-refractivity contribution is 7.80. The van der Waals surface area contributed by atoms with Crippen molar-refractivity contribution in [2.75, 3.05) is 12.3 Å². The molecule has 0 aromatic carbocycles. The predicted octanol–water partition coefficient (Wildman–Crippen LogP) is 0.641. The first-order valence-corrected chi connectivity index (χ1v) is 5.93. The van der Waals surface area contributed by atoms with E-state index in [9.17, 15) is 9.59 Å². The van der Waals surface area contributed by atoms with Gasteiger partial charge >= 0.3 is 5.97 Å². The maximum Gasteiger partial charge on any atom is 0.327 e. The van der Waals surface area contributed by atoms with Gasteiger partial charge in [0, 0.05) is 12.7 Å². The van der Waals surface area contributed by atoms with Crippen LogP contribution in [0.2, 0.25) is 0 Å². The Morgan fingerprint density at radius 2 is 2.00 bits per heavy atom. The number of nitrogens with one attached hydrogen (secondary N) is 1. The van der Waals surface area contributed by atoms with Gasteiger partial charge in [-0.15, -0.1) is 0 Å². The number of aliphatic carboxylic acids is 1. The SMILES string of the molecule is CC(=O)NC(CS)C(=O)O.CCCCCN. The van der Waals surface area contributed by atoms with Crippen LogP contribution in [0.5, 0.6) is 0 Å². The summed E-state index contributed by atoms with van der Waals surface area (Å²) in [6.45, 7) is 4.29. The van der Waals surface area contributed by atoms with E-state index < -0.39 is 12.0 Å². The first-order chi connectivity index (χ1) is 7.49. The molecule has 0 aromatic heterocycles. The Balaban J connectivity index is 0. The summed E-state index contributed by atoms with van der Waals surface area (Å²) in [5.41, 5.74) is 5.21. The number of rotatable bonds is 6. The molecule has 0 fully saturated rings. The zero-order chi connectivity index (χ0) is 13.0. The summed E-state index contributed by atoms with van der Waals surface area (Å²) in [4.78, 5) is 20.5. The van der Waals surface area contributed by atoms with Crippen molar-refractivity contribution < 1.29 is 14.7 Å². The average Bonchev–Trinajstić information content (AvgIpc) is 2.23. The second kappa shape index (κ2) is 12.3. The maximum absolute atomic E-state index is 10.3. The van der Waals surface area contributed by atoms with Crippen LogP contribution in [-0.4, -0.2) is 35.3 Å². The van der Waals surface area contributed by atoms with Gasteiger partial charge < -0.3 is 16.2 Å². The highest BCUT2D eigenvalue weighted by Crippen LogP contribution is 1.88. The lowest BCUT2D eigenvalue weighted by Gasteiger charge is -2.08. The number of carboxylic acid groups (broad SMARTS) is 1. The van der Waals surface area contributed by atoms with E-state index in [1.54, 1.807) is 0 Å². The first kappa shape index (κ1) is 17.6. The minimum absolute atomic E-state index is 0.106. The molecule has 4 N–H and O–H groups in total. The highest BCUT2D eigenvalue weighted by Gasteiger charge is 2.15. The van der Waals surface area contributed by atoms with Gasteiger partial charge in [0.15, 0.2) is 0 Å². The van der Waals surface area contributed by atoms with Gasteiger partial charge in [-0.05, 0) is 13.0 Å². The lowest BCUT2D eigenvalue weighted by atomic mass is 10.3. The molecule has 0 heterocycles. The summed E-state index contributed by atoms with van der Waals surface area (Å²) in [6, 6.07) is -0.874. The summed E-state index contributed by atoms with van der Waals surface area (Å²) >= 11 is 3.73. The molecule has 96 valence electrons. The minimum Gasteiger partial charge on any atom is -0.480 e. The molecule has 0 saturated heterocycles. The first-order valence-electron chi connectivity index (χ1n) is 5.30. The second-order valence-electron chi connectivity index (χ2n) is 3.27. The van der Waals surface area contributed by atoms with E-state index in [0.29, 0.717) is 0 Å². The monoisotopic (exact) mass is 250 g/mol. The number of hydrogen-bond acceptors (Lipinski definition) is 4. The molecule has 16 heavy (non-hydrogen) atoms. The number of carbonyl (C=O) groups is 2. The standard InChI is InChI=1S/C5H9NO3S.C5H13N/c1-3(7)6-4(2-10)5(8)9;1-2-3-4-5-6/h4,10H,2H2,1H3,(H,6,7)(H,8,9);2-6H2,1H3. The number of nitrogens with two attached hydrogens (primary N) is 1. The van der Waals surface area contributed by atoms with Crippen molar-refractivity contribution in [3.05, 3.63) is 0 Å². The molecular weight excluding hydrogens is 228 g/mol. The Bertz CT molecular complexity index is 197. The van der Waals surface area contributed by atoms with Crippen molar-refractivity contribution in [2.24, 2.45) is 5.73 Å². The Morgan fingerprint density at radius 3 is 2.12 bits per heavy atom. The van der Waals surface area contributed by atoms with Crippen molar-refractivity contribution in [2.45, 2.75) is 39.2 Å².